The van der Waals surface area contributed by atoms with Crippen molar-refractivity contribution in [2.24, 2.45) is 0 Å². The van der Waals surface area contributed by atoms with Crippen LogP contribution in [0.1, 0.15) is 6.42 Å². The molecule has 106 valence electrons. The van der Waals surface area contributed by atoms with E-state index < -0.39 is 10.0 Å². The van der Waals surface area contributed by atoms with E-state index in [0.717, 1.165) is 0 Å². The number of sulfonamides is 1. The Morgan fingerprint density at radius 3 is 2.42 bits per heavy atom. The van der Waals surface area contributed by atoms with Gasteiger partial charge >= 0.3 is 0 Å². The molecular formula is C12H19N3O3S. The minimum absolute atomic E-state index is 0.103. The van der Waals surface area contributed by atoms with E-state index in [4.69, 9.17) is 0 Å². The van der Waals surface area contributed by atoms with Crippen LogP contribution in [0.4, 0.5) is 0 Å². The first-order chi connectivity index (χ1) is 9.06. The lowest BCUT2D eigenvalue weighted by molar-refractivity contribution is -0.120. The van der Waals surface area contributed by atoms with Crippen molar-refractivity contribution in [2.75, 3.05) is 26.7 Å². The summed E-state index contributed by atoms with van der Waals surface area (Å²) in [6, 6.07) is 8.12. The van der Waals surface area contributed by atoms with Crippen molar-refractivity contribution in [3.05, 3.63) is 30.3 Å². The van der Waals surface area contributed by atoms with Crippen molar-refractivity contribution in [2.45, 2.75) is 11.3 Å². The second-order valence-corrected chi connectivity index (χ2v) is 5.68. The van der Waals surface area contributed by atoms with Crippen molar-refractivity contribution in [1.82, 2.24) is 15.4 Å². The quantitative estimate of drug-likeness (QED) is 0.572. The molecule has 0 heterocycles. The topological polar surface area (TPSA) is 87.3 Å². The largest absolute Gasteiger partial charge is 0.355 e. The lowest BCUT2D eigenvalue weighted by Crippen LogP contribution is -2.35. The fourth-order valence-corrected chi connectivity index (χ4v) is 2.45. The molecule has 0 fully saturated rings. The maximum Gasteiger partial charge on any atom is 0.240 e. The molecule has 0 unspecified atom stereocenters. The van der Waals surface area contributed by atoms with E-state index in [9.17, 15) is 13.2 Å². The van der Waals surface area contributed by atoms with Gasteiger partial charge in [0.05, 0.1) is 4.90 Å². The van der Waals surface area contributed by atoms with Gasteiger partial charge in [-0.25, -0.2) is 13.1 Å². The third-order valence-corrected chi connectivity index (χ3v) is 3.87. The molecule has 1 amide bonds. The van der Waals surface area contributed by atoms with Crippen molar-refractivity contribution in [3.63, 3.8) is 0 Å². The van der Waals surface area contributed by atoms with Crippen molar-refractivity contribution in [3.8, 4) is 0 Å². The van der Waals surface area contributed by atoms with Crippen molar-refractivity contribution in [1.29, 1.82) is 0 Å². The molecular weight excluding hydrogens is 266 g/mol. The van der Waals surface area contributed by atoms with Crippen molar-refractivity contribution >= 4 is 15.9 Å². The molecule has 1 aromatic rings. The van der Waals surface area contributed by atoms with E-state index in [1.807, 2.05) is 0 Å². The lowest BCUT2D eigenvalue weighted by atomic mass is 10.4. The maximum atomic E-state index is 11.8. The number of benzene rings is 1. The monoisotopic (exact) mass is 285 g/mol. The van der Waals surface area contributed by atoms with Gasteiger partial charge in [0.25, 0.3) is 0 Å². The van der Waals surface area contributed by atoms with Gasteiger partial charge in [0.1, 0.15) is 0 Å². The van der Waals surface area contributed by atoms with Gasteiger partial charge in [-0.1, -0.05) is 18.2 Å². The molecule has 0 aromatic heterocycles. The van der Waals surface area contributed by atoms with Gasteiger partial charge in [-0.15, -0.1) is 0 Å². The minimum Gasteiger partial charge on any atom is -0.355 e. The highest BCUT2D eigenvalue weighted by Gasteiger charge is 2.12. The summed E-state index contributed by atoms with van der Waals surface area (Å²) in [5.41, 5.74) is 0. The standard InChI is InChI=1S/C12H19N3O3S/c1-13-8-7-12(16)14-9-10-15-19(17,18)11-5-3-2-4-6-11/h2-6,13,15H,7-10H2,1H3,(H,14,16). The fraction of sp³-hybridized carbons (Fsp3) is 0.417. The Morgan fingerprint density at radius 2 is 1.79 bits per heavy atom. The first-order valence-electron chi connectivity index (χ1n) is 6.02. The molecule has 0 spiro atoms. The first-order valence-corrected chi connectivity index (χ1v) is 7.50. The molecule has 6 nitrogen and oxygen atoms in total. The Bertz CT molecular complexity index is 488. The predicted octanol–water partition coefficient (Wildman–Crippen LogP) is -0.309. The molecule has 0 aliphatic carbocycles. The summed E-state index contributed by atoms with van der Waals surface area (Å²) in [5.74, 6) is -0.103. The van der Waals surface area contributed by atoms with Gasteiger partial charge in [-0.2, -0.15) is 0 Å². The average molecular weight is 285 g/mol. The van der Waals surface area contributed by atoms with Crippen LogP contribution in [-0.4, -0.2) is 41.0 Å². The molecule has 0 bridgehead atoms. The Labute approximate surface area is 113 Å². The highest BCUT2D eigenvalue weighted by atomic mass is 32.2. The predicted molar refractivity (Wildman–Crippen MR) is 73.2 cm³/mol. The molecule has 0 saturated heterocycles. The van der Waals surface area contributed by atoms with Crippen LogP contribution in [0.5, 0.6) is 0 Å². The van der Waals surface area contributed by atoms with E-state index in [0.29, 0.717) is 13.0 Å². The number of hydrogen-bond acceptors (Lipinski definition) is 4. The third-order valence-electron chi connectivity index (χ3n) is 2.39. The van der Waals surface area contributed by atoms with Gasteiger partial charge < -0.3 is 10.6 Å². The molecule has 0 radical (unpaired) electrons. The molecule has 3 N–H and O–H groups in total. The molecule has 1 aromatic carbocycles. The van der Waals surface area contributed by atoms with Gasteiger partial charge in [-0.05, 0) is 19.2 Å². The highest BCUT2D eigenvalue weighted by molar-refractivity contribution is 7.89. The summed E-state index contributed by atoms with van der Waals surface area (Å²) in [5, 5.41) is 5.50. The molecule has 1 rings (SSSR count). The highest BCUT2D eigenvalue weighted by Crippen LogP contribution is 2.06. The van der Waals surface area contributed by atoms with Crippen LogP contribution in [0, 0.1) is 0 Å². The normalized spacial score (nSPS) is 11.2. The maximum absolute atomic E-state index is 11.8. The van der Waals surface area contributed by atoms with Crippen LogP contribution in [0.3, 0.4) is 0 Å². The number of hydrogen-bond donors (Lipinski definition) is 3. The second-order valence-electron chi connectivity index (χ2n) is 3.91. The number of carbonyl (C=O) groups excluding carboxylic acids is 1. The zero-order valence-corrected chi connectivity index (χ0v) is 11.7. The van der Waals surface area contributed by atoms with Crippen LogP contribution in [0.15, 0.2) is 35.2 Å². The van der Waals surface area contributed by atoms with Gasteiger partial charge in [0.2, 0.25) is 15.9 Å². The Kier molecular flexibility index (Phi) is 6.48. The summed E-state index contributed by atoms with van der Waals surface area (Å²) >= 11 is 0. The number of carbonyl (C=O) groups is 1. The summed E-state index contributed by atoms with van der Waals surface area (Å²) in [6.07, 6.45) is 0.377. The van der Waals surface area contributed by atoms with Gasteiger partial charge in [0.15, 0.2) is 0 Å². The summed E-state index contributed by atoms with van der Waals surface area (Å²) < 4.78 is 26.1. The van der Waals surface area contributed by atoms with Crippen LogP contribution < -0.4 is 15.4 Å². The zero-order valence-electron chi connectivity index (χ0n) is 10.8. The van der Waals surface area contributed by atoms with Crippen LogP contribution >= 0.6 is 0 Å². The summed E-state index contributed by atoms with van der Waals surface area (Å²) in [7, 11) is -1.72. The first kappa shape index (κ1) is 15.6. The summed E-state index contributed by atoms with van der Waals surface area (Å²) in [4.78, 5) is 11.5. The molecule has 19 heavy (non-hydrogen) atoms. The van der Waals surface area contributed by atoms with Crippen LogP contribution in [0.2, 0.25) is 0 Å². The molecule has 0 atom stereocenters. The van der Waals surface area contributed by atoms with E-state index in [-0.39, 0.29) is 23.9 Å². The fourth-order valence-electron chi connectivity index (χ4n) is 1.40. The Morgan fingerprint density at radius 1 is 1.11 bits per heavy atom. The van der Waals surface area contributed by atoms with E-state index >= 15 is 0 Å². The summed E-state index contributed by atoms with van der Waals surface area (Å²) in [6.45, 7) is 1.04. The van der Waals surface area contributed by atoms with Crippen LogP contribution in [0.25, 0.3) is 0 Å². The Hall–Kier alpha value is -1.44. The number of amides is 1. The lowest BCUT2D eigenvalue weighted by Gasteiger charge is -2.08. The molecule has 0 saturated carbocycles. The third kappa shape index (κ3) is 5.82. The second kappa shape index (κ2) is 7.88. The van der Waals surface area contributed by atoms with E-state index in [1.165, 1.54) is 12.1 Å². The molecule has 0 aliphatic heterocycles. The number of nitrogens with one attached hydrogen (secondary N) is 3. The van der Waals surface area contributed by atoms with E-state index in [1.54, 1.807) is 25.2 Å². The SMILES string of the molecule is CNCCC(=O)NCCNS(=O)(=O)c1ccccc1. The average Bonchev–Trinajstić information content (AvgIpc) is 2.42. The smallest absolute Gasteiger partial charge is 0.240 e. The number of rotatable bonds is 8. The zero-order chi connectivity index (χ0) is 14.1. The van der Waals surface area contributed by atoms with E-state index in [2.05, 4.69) is 15.4 Å². The van der Waals surface area contributed by atoms with Gasteiger partial charge in [-0.3, -0.25) is 4.79 Å². The van der Waals surface area contributed by atoms with Crippen LogP contribution in [-0.2, 0) is 14.8 Å². The Balaban J connectivity index is 2.31. The molecule has 7 heteroatoms. The van der Waals surface area contributed by atoms with Crippen molar-refractivity contribution < 1.29 is 13.2 Å². The minimum atomic E-state index is -3.49. The van der Waals surface area contributed by atoms with Gasteiger partial charge in [0, 0.05) is 26.1 Å². The molecule has 0 aliphatic rings.